The van der Waals surface area contributed by atoms with Gasteiger partial charge in [-0.25, -0.2) is 4.79 Å². The summed E-state index contributed by atoms with van der Waals surface area (Å²) in [5.41, 5.74) is 1.87. The number of aromatic nitrogens is 1. The number of nitrogens with zero attached hydrogens (tertiary/aromatic N) is 1. The second-order valence-electron chi connectivity index (χ2n) is 5.27. The fraction of sp³-hybridized carbons (Fsp3) is 0.158. The average Bonchev–Trinajstić information content (AvgIpc) is 3.01. The van der Waals surface area contributed by atoms with Crippen LogP contribution < -0.4 is 4.74 Å². The molecule has 0 atom stereocenters. The molecule has 0 saturated heterocycles. The van der Waals surface area contributed by atoms with Crippen LogP contribution in [0.15, 0.2) is 48.5 Å². The van der Waals surface area contributed by atoms with Crippen molar-refractivity contribution in [1.29, 1.82) is 0 Å². The van der Waals surface area contributed by atoms with Crippen molar-refractivity contribution in [2.24, 2.45) is 0 Å². The summed E-state index contributed by atoms with van der Waals surface area (Å²) < 4.78 is 11.8. The summed E-state index contributed by atoms with van der Waals surface area (Å²) in [5.74, 6) is -0.107. The molecular formula is C19H17NO4S. The van der Waals surface area contributed by atoms with Gasteiger partial charge in [-0.15, -0.1) is 0 Å². The molecule has 0 saturated carbocycles. The molecule has 0 radical (unpaired) electrons. The zero-order valence-electron chi connectivity index (χ0n) is 14.1. The maximum atomic E-state index is 13.2. The van der Waals surface area contributed by atoms with E-state index >= 15 is 0 Å². The number of methoxy groups -OCH3 is 2. The van der Waals surface area contributed by atoms with Crippen molar-refractivity contribution in [3.8, 4) is 5.75 Å². The van der Waals surface area contributed by atoms with E-state index in [0.29, 0.717) is 22.4 Å². The number of ether oxygens (including phenoxy) is 2. The van der Waals surface area contributed by atoms with Gasteiger partial charge in [-0.1, -0.05) is 18.2 Å². The number of fused-ring (bicyclic) bond motifs is 1. The van der Waals surface area contributed by atoms with Crippen LogP contribution in [0.3, 0.4) is 0 Å². The second-order valence-corrected chi connectivity index (χ2v) is 6.00. The Hall–Kier alpha value is -2.73. The number of esters is 1. The first-order valence-electron chi connectivity index (χ1n) is 7.57. The lowest BCUT2D eigenvalue weighted by atomic mass is 10.0. The van der Waals surface area contributed by atoms with Crippen molar-refractivity contribution in [1.82, 2.24) is 3.97 Å². The molecule has 2 aromatic carbocycles. The van der Waals surface area contributed by atoms with E-state index in [1.165, 1.54) is 19.1 Å². The Morgan fingerprint density at radius 1 is 1.00 bits per heavy atom. The molecule has 5 nitrogen and oxygen atoms in total. The average molecular weight is 355 g/mol. The van der Waals surface area contributed by atoms with Crippen LogP contribution in [0, 0.1) is 0 Å². The monoisotopic (exact) mass is 355 g/mol. The molecule has 1 aromatic heterocycles. The zero-order valence-corrected chi connectivity index (χ0v) is 14.9. The van der Waals surface area contributed by atoms with Crippen molar-refractivity contribution in [3.05, 3.63) is 65.4 Å². The van der Waals surface area contributed by atoms with Crippen LogP contribution in [0.25, 0.3) is 10.9 Å². The van der Waals surface area contributed by atoms with Gasteiger partial charge in [0.25, 0.3) is 0 Å². The van der Waals surface area contributed by atoms with Crippen molar-refractivity contribution in [2.45, 2.75) is 0 Å². The lowest BCUT2D eigenvalue weighted by molar-refractivity contribution is 0.0599. The lowest BCUT2D eigenvalue weighted by Gasteiger charge is -2.08. The number of carbonyl (C=O) groups excluding carboxylic acids is 2. The molecule has 0 amide bonds. The molecule has 0 aliphatic carbocycles. The minimum absolute atomic E-state index is 0.242. The second kappa shape index (κ2) is 7.03. The molecule has 3 rings (SSSR count). The molecule has 3 aromatic rings. The van der Waals surface area contributed by atoms with Crippen LogP contribution >= 0.6 is 11.9 Å². The Bertz CT molecular complexity index is 944. The Morgan fingerprint density at radius 2 is 1.68 bits per heavy atom. The number of hydrogen-bond donors (Lipinski definition) is 0. The quantitative estimate of drug-likeness (QED) is 0.515. The highest BCUT2D eigenvalue weighted by Gasteiger charge is 2.28. The Labute approximate surface area is 149 Å². The van der Waals surface area contributed by atoms with Crippen molar-refractivity contribution in [3.63, 3.8) is 0 Å². The molecule has 0 spiro atoms. The minimum atomic E-state index is -0.527. The SMILES string of the molecule is COC(=O)c1c(C(=O)c2ccc(OC)cc2)n(SC)c2ccccc12. The molecule has 25 heavy (non-hydrogen) atoms. The van der Waals surface area contributed by atoms with Crippen LogP contribution in [0.5, 0.6) is 5.75 Å². The van der Waals surface area contributed by atoms with Crippen LogP contribution in [0.4, 0.5) is 0 Å². The summed E-state index contributed by atoms with van der Waals surface area (Å²) in [6, 6.07) is 14.2. The fourth-order valence-electron chi connectivity index (χ4n) is 2.79. The molecule has 1 heterocycles. The molecular weight excluding hydrogens is 338 g/mol. The van der Waals surface area contributed by atoms with Gasteiger partial charge < -0.3 is 9.47 Å². The third-order valence-electron chi connectivity index (χ3n) is 3.97. The van der Waals surface area contributed by atoms with E-state index in [9.17, 15) is 9.59 Å². The molecule has 0 unspecified atom stereocenters. The smallest absolute Gasteiger partial charge is 0.340 e. The van der Waals surface area contributed by atoms with Gasteiger partial charge in [0, 0.05) is 17.2 Å². The highest BCUT2D eigenvalue weighted by atomic mass is 32.2. The first kappa shape index (κ1) is 17.1. The van der Waals surface area contributed by atoms with Crippen LogP contribution in [-0.2, 0) is 4.74 Å². The standard InChI is InChI=1S/C19H17NO4S/c1-23-13-10-8-12(9-11-13)18(21)17-16(19(22)24-2)14-6-4-5-7-15(14)20(17)25-3/h4-11H,1-3H3. The topological polar surface area (TPSA) is 57.5 Å². The Morgan fingerprint density at radius 3 is 2.28 bits per heavy atom. The van der Waals surface area contributed by atoms with E-state index in [1.807, 2.05) is 30.5 Å². The van der Waals surface area contributed by atoms with E-state index in [-0.39, 0.29) is 11.3 Å². The van der Waals surface area contributed by atoms with Crippen molar-refractivity contribution < 1.29 is 19.1 Å². The zero-order chi connectivity index (χ0) is 18.0. The molecule has 0 N–H and O–H groups in total. The molecule has 0 aliphatic heterocycles. The van der Waals surface area contributed by atoms with Gasteiger partial charge in [-0.05, 0) is 42.3 Å². The van der Waals surface area contributed by atoms with E-state index in [0.717, 1.165) is 5.52 Å². The van der Waals surface area contributed by atoms with Crippen molar-refractivity contribution >= 4 is 34.6 Å². The lowest BCUT2D eigenvalue weighted by Crippen LogP contribution is -2.13. The highest BCUT2D eigenvalue weighted by molar-refractivity contribution is 7.97. The first-order valence-corrected chi connectivity index (χ1v) is 8.75. The predicted molar refractivity (Wildman–Crippen MR) is 98.6 cm³/mol. The maximum Gasteiger partial charge on any atom is 0.340 e. The van der Waals surface area contributed by atoms with Crippen LogP contribution in [0.2, 0.25) is 0 Å². The molecule has 0 aliphatic rings. The Kier molecular flexibility index (Phi) is 4.81. The van der Waals surface area contributed by atoms with E-state index in [2.05, 4.69) is 0 Å². The summed E-state index contributed by atoms with van der Waals surface area (Å²) in [4.78, 5) is 25.6. The van der Waals surface area contributed by atoms with Gasteiger partial charge in [0.2, 0.25) is 5.78 Å². The molecule has 0 bridgehead atoms. The third-order valence-corrected chi connectivity index (χ3v) is 4.72. The van der Waals surface area contributed by atoms with Gasteiger partial charge in [0.1, 0.15) is 11.4 Å². The van der Waals surface area contributed by atoms with Gasteiger partial charge in [0.05, 0.1) is 25.3 Å². The van der Waals surface area contributed by atoms with Crippen LogP contribution in [-0.4, -0.2) is 36.2 Å². The molecule has 128 valence electrons. The van der Waals surface area contributed by atoms with Gasteiger partial charge in [-0.3, -0.25) is 8.77 Å². The molecule has 6 heteroatoms. The number of carbonyl (C=O) groups is 2. The van der Waals surface area contributed by atoms with Gasteiger partial charge >= 0.3 is 5.97 Å². The van der Waals surface area contributed by atoms with E-state index < -0.39 is 5.97 Å². The largest absolute Gasteiger partial charge is 0.497 e. The summed E-state index contributed by atoms with van der Waals surface area (Å²) in [5, 5.41) is 0.695. The van der Waals surface area contributed by atoms with Crippen LogP contribution in [0.1, 0.15) is 26.4 Å². The summed E-state index contributed by atoms with van der Waals surface area (Å²) in [7, 11) is 2.88. The number of para-hydroxylation sites is 1. The van der Waals surface area contributed by atoms with Crippen molar-refractivity contribution in [2.75, 3.05) is 20.5 Å². The first-order chi connectivity index (χ1) is 12.1. The number of ketones is 1. The maximum absolute atomic E-state index is 13.2. The third kappa shape index (κ3) is 2.89. The normalized spacial score (nSPS) is 10.7. The summed E-state index contributed by atoms with van der Waals surface area (Å²) in [6.07, 6.45) is 1.86. The fourth-order valence-corrected chi connectivity index (χ4v) is 3.51. The highest BCUT2D eigenvalue weighted by Crippen LogP contribution is 2.32. The Balaban J connectivity index is 2.25. The number of rotatable bonds is 5. The summed E-state index contributed by atoms with van der Waals surface area (Å²) in [6.45, 7) is 0. The van der Waals surface area contributed by atoms with E-state index in [1.54, 1.807) is 35.3 Å². The minimum Gasteiger partial charge on any atom is -0.497 e. The number of hydrogen-bond acceptors (Lipinski definition) is 5. The van der Waals surface area contributed by atoms with E-state index in [4.69, 9.17) is 9.47 Å². The number of benzene rings is 2. The predicted octanol–water partition coefficient (Wildman–Crippen LogP) is 3.79. The summed E-state index contributed by atoms with van der Waals surface area (Å²) >= 11 is 1.37. The van der Waals surface area contributed by atoms with Gasteiger partial charge in [0.15, 0.2) is 0 Å². The molecule has 0 fully saturated rings. The van der Waals surface area contributed by atoms with Gasteiger partial charge in [-0.2, -0.15) is 0 Å².